The maximum Gasteiger partial charge on any atom is 0.148 e. The van der Waals surface area contributed by atoms with E-state index >= 15 is 0 Å². The van der Waals surface area contributed by atoms with Crippen molar-refractivity contribution in [2.75, 3.05) is 0 Å². The van der Waals surface area contributed by atoms with Crippen LogP contribution >= 0.6 is 59.4 Å². The lowest BCUT2D eigenvalue weighted by Gasteiger charge is -2.10. The zero-order valence-electron chi connectivity index (χ0n) is 8.83. The summed E-state index contributed by atoms with van der Waals surface area (Å²) in [6.07, 6.45) is 3.08. The van der Waals surface area contributed by atoms with Crippen molar-refractivity contribution in [1.82, 2.24) is 9.97 Å². The highest BCUT2D eigenvalue weighted by molar-refractivity contribution is 9.11. The van der Waals surface area contributed by atoms with E-state index in [0.29, 0.717) is 17.5 Å². The van der Waals surface area contributed by atoms with Crippen LogP contribution in [0.4, 0.5) is 0 Å². The van der Waals surface area contributed by atoms with Gasteiger partial charge in [0.1, 0.15) is 17.5 Å². The first kappa shape index (κ1) is 14.2. The molecule has 0 N–H and O–H groups in total. The smallest absolute Gasteiger partial charge is 0.148 e. The van der Waals surface area contributed by atoms with Gasteiger partial charge in [-0.1, -0.05) is 27.5 Å². The Kier molecular flexibility index (Phi) is 5.00. The molecule has 2 rings (SSSR count). The van der Waals surface area contributed by atoms with E-state index in [4.69, 9.17) is 16.3 Å². The summed E-state index contributed by atoms with van der Waals surface area (Å²) in [6, 6.07) is 3.82. The van der Waals surface area contributed by atoms with E-state index in [-0.39, 0.29) is 0 Å². The topological polar surface area (TPSA) is 35.0 Å². The Morgan fingerprint density at radius 2 is 1.72 bits per heavy atom. The molecule has 7 heteroatoms. The van der Waals surface area contributed by atoms with Gasteiger partial charge in [-0.2, -0.15) is 0 Å². The summed E-state index contributed by atoms with van der Waals surface area (Å²) in [5.41, 5.74) is 0.709. The summed E-state index contributed by atoms with van der Waals surface area (Å²) >= 11 is 15.9. The fourth-order valence-electron chi connectivity index (χ4n) is 1.23. The molecule has 0 unspecified atom stereocenters. The molecule has 2 aromatic rings. The molecule has 0 aliphatic carbocycles. The van der Waals surface area contributed by atoms with Gasteiger partial charge in [-0.05, 0) is 44.0 Å². The zero-order valence-corrected chi connectivity index (χ0v) is 14.3. The highest BCUT2D eigenvalue weighted by atomic mass is 79.9. The van der Waals surface area contributed by atoms with Crippen molar-refractivity contribution in [2.45, 2.75) is 6.61 Å². The van der Waals surface area contributed by atoms with Gasteiger partial charge in [0, 0.05) is 4.47 Å². The first-order valence-corrected chi connectivity index (χ1v) is 7.55. The van der Waals surface area contributed by atoms with Crippen LogP contribution in [0.5, 0.6) is 5.75 Å². The van der Waals surface area contributed by atoms with E-state index in [1.54, 1.807) is 6.20 Å². The number of benzene rings is 1. The molecule has 18 heavy (non-hydrogen) atoms. The van der Waals surface area contributed by atoms with Gasteiger partial charge >= 0.3 is 0 Å². The number of rotatable bonds is 3. The molecule has 1 aromatic heterocycles. The molecule has 0 saturated heterocycles. The minimum atomic E-state index is 0.322. The number of hydrogen-bond acceptors (Lipinski definition) is 3. The SMILES string of the molecule is Clc1cnc(COc2c(Br)cc(Br)cc2Br)cn1. The highest BCUT2D eigenvalue weighted by Gasteiger charge is 2.09. The van der Waals surface area contributed by atoms with E-state index in [9.17, 15) is 0 Å². The molecule has 0 fully saturated rings. The molecule has 0 radical (unpaired) electrons. The van der Waals surface area contributed by atoms with E-state index < -0.39 is 0 Å². The van der Waals surface area contributed by atoms with Crippen molar-refractivity contribution in [3.8, 4) is 5.75 Å². The predicted octanol–water partition coefficient (Wildman–Crippen LogP) is 5.00. The van der Waals surface area contributed by atoms with E-state index in [1.165, 1.54) is 6.20 Å². The number of nitrogens with zero attached hydrogens (tertiary/aromatic N) is 2. The van der Waals surface area contributed by atoms with Crippen LogP contribution in [-0.2, 0) is 6.61 Å². The number of hydrogen-bond donors (Lipinski definition) is 0. The van der Waals surface area contributed by atoms with Crippen LogP contribution in [0.1, 0.15) is 5.69 Å². The number of aromatic nitrogens is 2. The van der Waals surface area contributed by atoms with Crippen LogP contribution in [0.3, 0.4) is 0 Å². The Hall–Kier alpha value is -0.170. The van der Waals surface area contributed by atoms with Gasteiger partial charge in [0.05, 0.1) is 27.0 Å². The molecular formula is C11H6Br3ClN2O. The molecule has 0 amide bonds. The molecule has 0 aliphatic heterocycles. The summed E-state index contributed by atoms with van der Waals surface area (Å²) in [5, 5.41) is 0.366. The van der Waals surface area contributed by atoms with E-state index in [0.717, 1.165) is 19.2 Å². The first-order valence-electron chi connectivity index (χ1n) is 4.80. The Labute approximate surface area is 134 Å². The Morgan fingerprint density at radius 1 is 1.06 bits per heavy atom. The third-order valence-corrected chi connectivity index (χ3v) is 3.83. The fourth-order valence-corrected chi connectivity index (χ4v) is 3.81. The van der Waals surface area contributed by atoms with Crippen LogP contribution in [0.25, 0.3) is 0 Å². The number of ether oxygens (including phenoxy) is 1. The quantitative estimate of drug-likeness (QED) is 0.651. The van der Waals surface area contributed by atoms with Crippen molar-refractivity contribution >= 4 is 59.4 Å². The monoisotopic (exact) mass is 454 g/mol. The lowest BCUT2D eigenvalue weighted by atomic mass is 10.3. The second-order valence-electron chi connectivity index (χ2n) is 3.32. The van der Waals surface area contributed by atoms with Gasteiger partial charge < -0.3 is 4.74 Å². The van der Waals surface area contributed by atoms with Crippen molar-refractivity contribution in [3.05, 3.63) is 48.8 Å². The van der Waals surface area contributed by atoms with Gasteiger partial charge in [0.2, 0.25) is 0 Å². The Balaban J connectivity index is 2.13. The van der Waals surface area contributed by atoms with Crippen LogP contribution in [0, 0.1) is 0 Å². The summed E-state index contributed by atoms with van der Waals surface area (Å²) in [7, 11) is 0. The second kappa shape index (κ2) is 6.32. The maximum atomic E-state index is 5.69. The summed E-state index contributed by atoms with van der Waals surface area (Å²) in [5.74, 6) is 0.718. The molecule has 1 aromatic carbocycles. The molecule has 0 bridgehead atoms. The van der Waals surface area contributed by atoms with Crippen LogP contribution in [0.15, 0.2) is 37.9 Å². The fraction of sp³-hybridized carbons (Fsp3) is 0.0909. The molecule has 0 aliphatic rings. The molecule has 94 valence electrons. The highest BCUT2D eigenvalue weighted by Crippen LogP contribution is 2.36. The molecule has 0 spiro atoms. The Morgan fingerprint density at radius 3 is 2.28 bits per heavy atom. The summed E-state index contributed by atoms with van der Waals surface area (Å²) < 4.78 is 8.35. The standard InChI is InChI=1S/C11H6Br3ClN2O/c12-6-1-8(13)11(9(14)2-6)18-5-7-3-17-10(15)4-16-7/h1-4H,5H2. The number of halogens is 4. The molecular weight excluding hydrogens is 451 g/mol. The summed E-state index contributed by atoms with van der Waals surface area (Å²) in [6.45, 7) is 0.322. The minimum Gasteiger partial charge on any atom is -0.485 e. The largest absolute Gasteiger partial charge is 0.485 e. The van der Waals surface area contributed by atoms with Crippen molar-refractivity contribution in [2.24, 2.45) is 0 Å². The maximum absolute atomic E-state index is 5.69. The normalized spacial score (nSPS) is 10.4. The molecule has 0 saturated carbocycles. The van der Waals surface area contributed by atoms with Gasteiger partial charge in [0.15, 0.2) is 0 Å². The summed E-state index contributed by atoms with van der Waals surface area (Å²) in [4.78, 5) is 8.05. The molecule has 1 heterocycles. The van der Waals surface area contributed by atoms with Crippen molar-refractivity contribution in [1.29, 1.82) is 0 Å². The van der Waals surface area contributed by atoms with Gasteiger partial charge in [-0.25, -0.2) is 4.98 Å². The van der Waals surface area contributed by atoms with Crippen molar-refractivity contribution < 1.29 is 4.74 Å². The van der Waals surface area contributed by atoms with E-state index in [2.05, 4.69) is 57.8 Å². The van der Waals surface area contributed by atoms with Crippen molar-refractivity contribution in [3.63, 3.8) is 0 Å². The Bertz CT molecular complexity index is 540. The predicted molar refractivity (Wildman–Crippen MR) is 80.9 cm³/mol. The van der Waals surface area contributed by atoms with Crippen LogP contribution in [-0.4, -0.2) is 9.97 Å². The first-order chi connectivity index (χ1) is 8.56. The average molecular weight is 457 g/mol. The second-order valence-corrected chi connectivity index (χ2v) is 6.33. The van der Waals surface area contributed by atoms with Crippen LogP contribution in [0.2, 0.25) is 5.15 Å². The minimum absolute atomic E-state index is 0.322. The molecule has 0 atom stereocenters. The third kappa shape index (κ3) is 3.66. The average Bonchev–Trinajstić information content (AvgIpc) is 2.30. The lowest BCUT2D eigenvalue weighted by Crippen LogP contribution is -2.00. The third-order valence-electron chi connectivity index (χ3n) is 2.00. The molecule has 3 nitrogen and oxygen atoms in total. The van der Waals surface area contributed by atoms with Gasteiger partial charge in [-0.15, -0.1) is 0 Å². The zero-order chi connectivity index (χ0) is 13.1. The van der Waals surface area contributed by atoms with E-state index in [1.807, 2.05) is 12.1 Å². The van der Waals surface area contributed by atoms with Crippen LogP contribution < -0.4 is 4.74 Å². The van der Waals surface area contributed by atoms with Gasteiger partial charge in [-0.3, -0.25) is 4.98 Å². The lowest BCUT2D eigenvalue weighted by molar-refractivity contribution is 0.297. The van der Waals surface area contributed by atoms with Gasteiger partial charge in [0.25, 0.3) is 0 Å².